The molecule has 0 bridgehead atoms. The van der Waals surface area contributed by atoms with Gasteiger partial charge in [0.25, 0.3) is 0 Å². The number of nitrogens with one attached hydrogen (secondary N) is 2. The minimum atomic E-state index is 0.594. The highest BCUT2D eigenvalue weighted by Crippen LogP contribution is 2.35. The number of nitrogens with zero attached hydrogens (tertiary/aromatic N) is 4. The Hall–Kier alpha value is -4.72. The molecule has 1 aliphatic carbocycles. The van der Waals surface area contributed by atoms with Gasteiger partial charge in [-0.05, 0) is 53.6 Å². The fraction of sp³-hybridized carbons (Fsp3) is 0.0400. The number of pyridine rings is 3. The summed E-state index contributed by atoms with van der Waals surface area (Å²) in [6.07, 6.45) is 11.6. The average molecular weight is 432 g/mol. The van der Waals surface area contributed by atoms with Crippen LogP contribution in [0, 0.1) is 0 Å². The van der Waals surface area contributed by atoms with Crippen LogP contribution < -0.4 is 11.5 Å². The molecule has 8 nitrogen and oxygen atoms in total. The molecule has 8 heteroatoms. The molecule has 0 fully saturated rings. The van der Waals surface area contributed by atoms with Gasteiger partial charge in [0.15, 0.2) is 0 Å². The number of H-pyrrole nitrogens is 2. The average Bonchev–Trinajstić information content (AvgIpc) is 3.40. The van der Waals surface area contributed by atoms with Crippen molar-refractivity contribution in [2.45, 2.75) is 6.42 Å². The molecule has 6 rings (SSSR count). The summed E-state index contributed by atoms with van der Waals surface area (Å²) in [5, 5.41) is 7.66. The van der Waals surface area contributed by atoms with Crippen molar-refractivity contribution in [2.75, 3.05) is 5.73 Å². The first-order chi connectivity index (χ1) is 16.2. The van der Waals surface area contributed by atoms with Crippen LogP contribution in [0.25, 0.3) is 39.3 Å². The maximum Gasteiger partial charge on any atom is 0.135 e. The van der Waals surface area contributed by atoms with E-state index in [1.165, 1.54) is 0 Å². The van der Waals surface area contributed by atoms with Crippen LogP contribution in [-0.4, -0.2) is 30.1 Å². The lowest BCUT2D eigenvalue weighted by Crippen LogP contribution is -2.01. The maximum absolute atomic E-state index is 6.24. The largest absolute Gasteiger partial charge is 0.402 e. The Morgan fingerprint density at radius 2 is 1.76 bits per heavy atom. The molecule has 160 valence electrons. The molecular weight excluding hydrogens is 412 g/mol. The minimum absolute atomic E-state index is 0.594. The third-order valence-electron chi connectivity index (χ3n) is 5.74. The second-order valence-corrected chi connectivity index (χ2v) is 7.98. The van der Waals surface area contributed by atoms with Crippen molar-refractivity contribution in [2.24, 2.45) is 5.73 Å². The van der Waals surface area contributed by atoms with Gasteiger partial charge >= 0.3 is 0 Å². The molecule has 6 N–H and O–H groups in total. The second kappa shape index (κ2) is 7.45. The summed E-state index contributed by atoms with van der Waals surface area (Å²) in [7, 11) is 0. The number of hydrogen-bond acceptors (Lipinski definition) is 6. The highest BCUT2D eigenvalue weighted by Gasteiger charge is 2.20. The number of anilines is 1. The van der Waals surface area contributed by atoms with Gasteiger partial charge < -0.3 is 16.5 Å². The molecule has 0 aromatic carbocycles. The molecule has 0 radical (unpaired) electrons. The molecule has 5 heterocycles. The predicted octanol–water partition coefficient (Wildman–Crippen LogP) is 3.82. The van der Waals surface area contributed by atoms with Crippen LogP contribution >= 0.6 is 0 Å². The van der Waals surface area contributed by atoms with Crippen LogP contribution in [0.3, 0.4) is 0 Å². The van der Waals surface area contributed by atoms with Crippen LogP contribution in [0.1, 0.15) is 16.8 Å². The van der Waals surface area contributed by atoms with E-state index in [1.54, 1.807) is 24.8 Å². The molecule has 33 heavy (non-hydrogen) atoms. The van der Waals surface area contributed by atoms with E-state index < -0.39 is 0 Å². The molecule has 0 amide bonds. The number of nitrogens with two attached hydrogens (primary N) is 2. The van der Waals surface area contributed by atoms with Gasteiger partial charge in [-0.25, -0.2) is 4.98 Å². The van der Waals surface area contributed by atoms with Crippen LogP contribution in [0.15, 0.2) is 79.0 Å². The van der Waals surface area contributed by atoms with E-state index in [0.29, 0.717) is 12.1 Å². The lowest BCUT2D eigenvalue weighted by Gasteiger charge is -2.06. The summed E-state index contributed by atoms with van der Waals surface area (Å²) in [6.45, 7) is 0. The van der Waals surface area contributed by atoms with Gasteiger partial charge in [-0.3, -0.25) is 15.1 Å². The SMILES string of the molecule is NC1=CC=C(c2ccncc2)c2cc(-c3n[nH]c4ccc(-c5cncc(N)c5)nc34)[nH]c2C1. The molecule has 0 saturated heterocycles. The van der Waals surface area contributed by atoms with E-state index in [0.717, 1.165) is 61.8 Å². The molecule has 0 spiro atoms. The number of hydrogen-bond donors (Lipinski definition) is 4. The van der Waals surface area contributed by atoms with Gasteiger partial charge in [0.05, 0.1) is 22.6 Å². The van der Waals surface area contributed by atoms with Crippen LogP contribution in [0.2, 0.25) is 0 Å². The van der Waals surface area contributed by atoms with Crippen molar-refractivity contribution in [3.63, 3.8) is 0 Å². The van der Waals surface area contributed by atoms with Crippen LogP contribution in [0.4, 0.5) is 5.69 Å². The van der Waals surface area contributed by atoms with E-state index in [2.05, 4.69) is 37.3 Å². The Kier molecular flexibility index (Phi) is 4.29. The molecule has 0 unspecified atom stereocenters. The molecule has 5 aromatic heterocycles. The summed E-state index contributed by atoms with van der Waals surface area (Å²) in [5.74, 6) is 0. The van der Waals surface area contributed by atoms with E-state index in [-0.39, 0.29) is 0 Å². The third kappa shape index (κ3) is 3.34. The zero-order valence-electron chi connectivity index (χ0n) is 17.6. The maximum atomic E-state index is 6.24. The first-order valence-electron chi connectivity index (χ1n) is 10.5. The molecule has 0 aliphatic heterocycles. The van der Waals surface area contributed by atoms with Crippen molar-refractivity contribution in [3.05, 3.63) is 95.9 Å². The molecule has 5 aromatic rings. The van der Waals surface area contributed by atoms with Gasteiger partial charge in [-0.15, -0.1) is 0 Å². The zero-order chi connectivity index (χ0) is 22.4. The first-order valence-corrected chi connectivity index (χ1v) is 10.5. The third-order valence-corrected chi connectivity index (χ3v) is 5.74. The van der Waals surface area contributed by atoms with Crippen LogP contribution in [0.5, 0.6) is 0 Å². The number of fused-ring (bicyclic) bond motifs is 2. The lowest BCUT2D eigenvalue weighted by molar-refractivity contribution is 1.05. The van der Waals surface area contributed by atoms with E-state index in [9.17, 15) is 0 Å². The van der Waals surface area contributed by atoms with Crippen molar-refractivity contribution in [1.82, 2.24) is 30.1 Å². The Morgan fingerprint density at radius 1 is 0.879 bits per heavy atom. The summed E-state index contributed by atoms with van der Waals surface area (Å²) in [5.41, 5.74) is 22.7. The van der Waals surface area contributed by atoms with Gasteiger partial charge in [-0.2, -0.15) is 5.10 Å². The second-order valence-electron chi connectivity index (χ2n) is 7.98. The smallest absolute Gasteiger partial charge is 0.135 e. The lowest BCUT2D eigenvalue weighted by atomic mass is 9.98. The topological polar surface area (TPSA) is 135 Å². The van der Waals surface area contributed by atoms with Gasteiger partial charge in [0, 0.05) is 53.7 Å². The first kappa shape index (κ1) is 19.0. The van der Waals surface area contributed by atoms with Crippen molar-refractivity contribution in [1.29, 1.82) is 0 Å². The van der Waals surface area contributed by atoms with Gasteiger partial charge in [0.2, 0.25) is 0 Å². The summed E-state index contributed by atoms with van der Waals surface area (Å²) >= 11 is 0. The number of nitrogen functional groups attached to an aromatic ring is 1. The monoisotopic (exact) mass is 432 g/mol. The van der Waals surface area contributed by atoms with Gasteiger partial charge in [0.1, 0.15) is 11.2 Å². The Bertz CT molecular complexity index is 1560. The number of allylic oxidation sites excluding steroid dienone is 3. The Labute approximate surface area is 189 Å². The Morgan fingerprint density at radius 3 is 2.61 bits per heavy atom. The number of aromatic amines is 2. The normalized spacial score (nSPS) is 13.3. The van der Waals surface area contributed by atoms with E-state index >= 15 is 0 Å². The molecule has 0 saturated carbocycles. The summed E-state index contributed by atoms with van der Waals surface area (Å²) in [6, 6.07) is 11.9. The number of rotatable bonds is 3. The predicted molar refractivity (Wildman–Crippen MR) is 129 cm³/mol. The molecule has 1 aliphatic rings. The zero-order valence-corrected chi connectivity index (χ0v) is 17.6. The standard InChI is InChI=1S/C25H20N8/c26-16-1-2-18(14-5-7-28-8-6-14)19-11-23(30-22(19)10-16)25-24-21(32-33-25)4-3-20(31-24)15-9-17(27)13-29-12-15/h1-9,11-13,30H,10,26-27H2,(H,32,33). The minimum Gasteiger partial charge on any atom is -0.402 e. The quantitative estimate of drug-likeness (QED) is 0.342. The molecule has 0 atom stereocenters. The summed E-state index contributed by atoms with van der Waals surface area (Å²) in [4.78, 5) is 16.7. The van der Waals surface area contributed by atoms with E-state index in [4.69, 9.17) is 16.5 Å². The Balaban J connectivity index is 1.48. The fourth-order valence-corrected chi connectivity index (χ4v) is 4.18. The highest BCUT2D eigenvalue weighted by atomic mass is 15.1. The highest BCUT2D eigenvalue weighted by molar-refractivity contribution is 5.92. The van der Waals surface area contributed by atoms with Crippen molar-refractivity contribution >= 4 is 22.3 Å². The van der Waals surface area contributed by atoms with E-state index in [1.807, 2.05) is 36.4 Å². The van der Waals surface area contributed by atoms with Crippen LogP contribution in [-0.2, 0) is 6.42 Å². The van der Waals surface area contributed by atoms with Crippen molar-refractivity contribution in [3.8, 4) is 22.6 Å². The van der Waals surface area contributed by atoms with Gasteiger partial charge in [-0.1, -0.05) is 6.08 Å². The van der Waals surface area contributed by atoms with Crippen molar-refractivity contribution < 1.29 is 0 Å². The molecular formula is C25H20N8. The number of aromatic nitrogens is 6. The fourth-order valence-electron chi connectivity index (χ4n) is 4.18. The summed E-state index contributed by atoms with van der Waals surface area (Å²) < 4.78 is 0.